The third kappa shape index (κ3) is 4.04. The first kappa shape index (κ1) is 15.5. The minimum atomic E-state index is -0.569. The van der Waals surface area contributed by atoms with Crippen molar-refractivity contribution in [1.82, 2.24) is 10.2 Å². The fourth-order valence-corrected chi connectivity index (χ4v) is 2.25. The van der Waals surface area contributed by atoms with Gasteiger partial charge >= 0.3 is 11.8 Å². The first-order valence-electron chi connectivity index (χ1n) is 7.29. The van der Waals surface area contributed by atoms with Gasteiger partial charge in [0.1, 0.15) is 0 Å². The number of carbonyl (C=O) groups is 2. The molecular weight excluding hydrogens is 266 g/mol. The summed E-state index contributed by atoms with van der Waals surface area (Å²) in [6.45, 7) is 9.03. The third-order valence-electron chi connectivity index (χ3n) is 3.61. The predicted octanol–water partition coefficient (Wildman–Crippen LogP) is 1.35. The Labute approximate surface area is 125 Å². The maximum atomic E-state index is 12.0. The average Bonchev–Trinajstić information content (AvgIpc) is 2.47. The van der Waals surface area contributed by atoms with Crippen LogP contribution in [0.25, 0.3) is 0 Å². The highest BCUT2D eigenvalue weighted by molar-refractivity contribution is 6.39. The molecule has 21 heavy (non-hydrogen) atoms. The van der Waals surface area contributed by atoms with E-state index in [1.165, 1.54) is 5.56 Å². The van der Waals surface area contributed by atoms with Gasteiger partial charge in [-0.3, -0.25) is 9.59 Å². The topological polar surface area (TPSA) is 61.4 Å². The van der Waals surface area contributed by atoms with Crippen molar-refractivity contribution in [2.75, 3.05) is 31.5 Å². The number of nitrogens with one attached hydrogen (secondary N) is 2. The van der Waals surface area contributed by atoms with Gasteiger partial charge in [0.05, 0.1) is 0 Å². The van der Waals surface area contributed by atoms with Crippen LogP contribution >= 0.6 is 0 Å². The molecule has 5 heteroatoms. The summed E-state index contributed by atoms with van der Waals surface area (Å²) in [5.41, 5.74) is 1.91. The number of benzene rings is 1. The van der Waals surface area contributed by atoms with Crippen LogP contribution < -0.4 is 10.6 Å². The van der Waals surface area contributed by atoms with Crippen molar-refractivity contribution in [3.05, 3.63) is 29.8 Å². The molecule has 0 saturated carbocycles. The maximum absolute atomic E-state index is 12.0. The van der Waals surface area contributed by atoms with Crippen LogP contribution in [0.5, 0.6) is 0 Å². The number of nitrogens with zero attached hydrogens (tertiary/aromatic N) is 1. The molecule has 1 heterocycles. The van der Waals surface area contributed by atoms with Crippen molar-refractivity contribution >= 4 is 17.5 Å². The van der Waals surface area contributed by atoms with Gasteiger partial charge in [-0.1, -0.05) is 32.9 Å². The second-order valence-electron chi connectivity index (χ2n) is 6.32. The van der Waals surface area contributed by atoms with E-state index >= 15 is 0 Å². The van der Waals surface area contributed by atoms with E-state index in [1.54, 1.807) is 4.90 Å². The largest absolute Gasteiger partial charge is 0.332 e. The van der Waals surface area contributed by atoms with Crippen molar-refractivity contribution < 1.29 is 9.59 Å². The summed E-state index contributed by atoms with van der Waals surface area (Å²) in [4.78, 5) is 25.6. The van der Waals surface area contributed by atoms with E-state index in [2.05, 4.69) is 31.4 Å². The standard InChI is InChI=1S/C16H23N3O2/c1-16(2,3)12-4-6-13(7-5-12)18-14(20)15(21)19-10-8-17-9-11-19/h4-7,17H,8-11H2,1-3H3,(H,18,20). The summed E-state index contributed by atoms with van der Waals surface area (Å²) in [6, 6.07) is 7.63. The zero-order valence-corrected chi connectivity index (χ0v) is 12.9. The molecule has 1 aromatic carbocycles. The van der Waals surface area contributed by atoms with Crippen LogP contribution in [0.4, 0.5) is 5.69 Å². The van der Waals surface area contributed by atoms with E-state index in [1.807, 2.05) is 24.3 Å². The summed E-state index contributed by atoms with van der Waals surface area (Å²) in [7, 11) is 0. The van der Waals surface area contributed by atoms with Gasteiger partial charge in [0.15, 0.2) is 0 Å². The Hall–Kier alpha value is -1.88. The number of hydrogen-bond acceptors (Lipinski definition) is 3. The summed E-state index contributed by atoms with van der Waals surface area (Å²) in [6.07, 6.45) is 0. The molecule has 1 aliphatic rings. The van der Waals surface area contributed by atoms with E-state index in [9.17, 15) is 9.59 Å². The van der Waals surface area contributed by atoms with Crippen LogP contribution in [0.2, 0.25) is 0 Å². The Balaban J connectivity index is 1.97. The third-order valence-corrected chi connectivity index (χ3v) is 3.61. The molecule has 0 aliphatic carbocycles. The molecule has 1 fully saturated rings. The molecule has 0 unspecified atom stereocenters. The number of anilines is 1. The van der Waals surface area contributed by atoms with Crippen LogP contribution in [-0.2, 0) is 15.0 Å². The van der Waals surface area contributed by atoms with E-state index in [0.717, 1.165) is 13.1 Å². The fraction of sp³-hybridized carbons (Fsp3) is 0.500. The summed E-state index contributed by atoms with van der Waals surface area (Å²) >= 11 is 0. The average molecular weight is 289 g/mol. The SMILES string of the molecule is CC(C)(C)c1ccc(NC(=O)C(=O)N2CCNCC2)cc1. The summed E-state index contributed by atoms with van der Waals surface area (Å²) in [5, 5.41) is 5.82. The predicted molar refractivity (Wildman–Crippen MR) is 83.2 cm³/mol. The van der Waals surface area contributed by atoms with E-state index < -0.39 is 11.8 Å². The molecule has 0 radical (unpaired) electrons. The molecule has 2 N–H and O–H groups in total. The smallest absolute Gasteiger partial charge is 0.313 e. The summed E-state index contributed by atoms with van der Waals surface area (Å²) < 4.78 is 0. The number of carbonyl (C=O) groups excluding carboxylic acids is 2. The van der Waals surface area contributed by atoms with Gasteiger partial charge in [-0.25, -0.2) is 0 Å². The zero-order valence-electron chi connectivity index (χ0n) is 12.9. The van der Waals surface area contributed by atoms with Gasteiger partial charge in [-0.2, -0.15) is 0 Å². The molecule has 0 atom stereocenters. The highest BCUT2D eigenvalue weighted by Crippen LogP contribution is 2.23. The molecule has 1 aromatic rings. The van der Waals surface area contributed by atoms with Gasteiger partial charge < -0.3 is 15.5 Å². The van der Waals surface area contributed by atoms with Gasteiger partial charge in [0.25, 0.3) is 0 Å². The lowest BCUT2D eigenvalue weighted by Crippen LogP contribution is -2.49. The Kier molecular flexibility index (Phi) is 4.63. The van der Waals surface area contributed by atoms with Gasteiger partial charge in [-0.05, 0) is 23.1 Å². The lowest BCUT2D eigenvalue weighted by Gasteiger charge is -2.26. The van der Waals surface area contributed by atoms with Crippen molar-refractivity contribution in [1.29, 1.82) is 0 Å². The van der Waals surface area contributed by atoms with Crippen LogP contribution in [0.3, 0.4) is 0 Å². The molecule has 2 rings (SSSR count). The molecule has 5 nitrogen and oxygen atoms in total. The number of rotatable bonds is 1. The van der Waals surface area contributed by atoms with Crippen molar-refractivity contribution in [2.24, 2.45) is 0 Å². The minimum absolute atomic E-state index is 0.0686. The molecule has 1 saturated heterocycles. The molecule has 1 aliphatic heterocycles. The molecule has 0 aromatic heterocycles. The van der Waals surface area contributed by atoms with Crippen LogP contribution in [0, 0.1) is 0 Å². The number of piperazine rings is 1. The lowest BCUT2D eigenvalue weighted by atomic mass is 9.87. The second-order valence-corrected chi connectivity index (χ2v) is 6.32. The first-order valence-corrected chi connectivity index (χ1v) is 7.29. The molecular formula is C16H23N3O2. The highest BCUT2D eigenvalue weighted by atomic mass is 16.2. The van der Waals surface area contributed by atoms with Crippen LogP contribution in [0.1, 0.15) is 26.3 Å². The Morgan fingerprint density at radius 1 is 1.10 bits per heavy atom. The van der Waals surface area contributed by atoms with Gasteiger partial charge in [-0.15, -0.1) is 0 Å². The monoisotopic (exact) mass is 289 g/mol. The highest BCUT2D eigenvalue weighted by Gasteiger charge is 2.23. The van der Waals surface area contributed by atoms with E-state index in [-0.39, 0.29) is 5.41 Å². The lowest BCUT2D eigenvalue weighted by molar-refractivity contribution is -0.143. The van der Waals surface area contributed by atoms with Gasteiger partial charge in [0, 0.05) is 31.9 Å². The Morgan fingerprint density at radius 2 is 1.67 bits per heavy atom. The van der Waals surface area contributed by atoms with E-state index in [4.69, 9.17) is 0 Å². The summed E-state index contributed by atoms with van der Waals surface area (Å²) in [5.74, 6) is -1.03. The zero-order chi connectivity index (χ0) is 15.5. The normalized spacial score (nSPS) is 15.7. The molecule has 0 bridgehead atoms. The van der Waals surface area contributed by atoms with E-state index in [0.29, 0.717) is 18.8 Å². The number of hydrogen-bond donors (Lipinski definition) is 2. The molecule has 0 spiro atoms. The van der Waals surface area contributed by atoms with Crippen LogP contribution in [-0.4, -0.2) is 42.9 Å². The van der Waals surface area contributed by atoms with Crippen molar-refractivity contribution in [3.63, 3.8) is 0 Å². The van der Waals surface area contributed by atoms with Crippen LogP contribution in [0.15, 0.2) is 24.3 Å². The Morgan fingerprint density at radius 3 is 2.19 bits per heavy atom. The minimum Gasteiger partial charge on any atom is -0.332 e. The molecule has 2 amide bonds. The maximum Gasteiger partial charge on any atom is 0.313 e. The fourth-order valence-electron chi connectivity index (χ4n) is 2.25. The Bertz CT molecular complexity index is 511. The van der Waals surface area contributed by atoms with Crippen molar-refractivity contribution in [3.8, 4) is 0 Å². The number of amides is 2. The quantitative estimate of drug-likeness (QED) is 0.767. The molecule has 114 valence electrons. The first-order chi connectivity index (χ1) is 9.88. The van der Waals surface area contributed by atoms with Crippen molar-refractivity contribution in [2.45, 2.75) is 26.2 Å². The second kappa shape index (κ2) is 6.26. The van der Waals surface area contributed by atoms with Gasteiger partial charge in [0.2, 0.25) is 0 Å².